The lowest BCUT2D eigenvalue weighted by atomic mass is 9.90. The van der Waals surface area contributed by atoms with Crippen LogP contribution in [0.25, 0.3) is 22.6 Å². The number of amides is 2. The van der Waals surface area contributed by atoms with Gasteiger partial charge in [-0.1, -0.05) is 11.6 Å². The van der Waals surface area contributed by atoms with Crippen LogP contribution in [0.5, 0.6) is 0 Å². The summed E-state index contributed by atoms with van der Waals surface area (Å²) in [6.45, 7) is 0. The fourth-order valence-corrected chi connectivity index (χ4v) is 5.50. The molecule has 0 spiro atoms. The second-order valence-electron chi connectivity index (χ2n) is 8.37. The average Bonchev–Trinajstić information content (AvgIpc) is 3.47. The molecule has 0 radical (unpaired) electrons. The number of aromatic nitrogens is 4. The Labute approximate surface area is 209 Å². The first-order chi connectivity index (χ1) is 16.9. The largest absolute Gasteiger partial charge is 0.354 e. The Morgan fingerprint density at radius 1 is 1.20 bits per heavy atom. The number of thiophene rings is 1. The molecular weight excluding hydrogens is 491 g/mol. The Balaban J connectivity index is 1.52. The molecule has 2 N–H and O–H groups in total. The van der Waals surface area contributed by atoms with Crippen LogP contribution in [0.3, 0.4) is 0 Å². The highest BCUT2D eigenvalue weighted by atomic mass is 35.5. The van der Waals surface area contributed by atoms with Crippen LogP contribution in [0.1, 0.15) is 51.9 Å². The lowest BCUT2D eigenvalue weighted by molar-refractivity contribution is 0.0923. The lowest BCUT2D eigenvalue weighted by Crippen LogP contribution is -2.38. The fourth-order valence-electron chi connectivity index (χ4n) is 4.56. The van der Waals surface area contributed by atoms with Crippen molar-refractivity contribution in [3.8, 4) is 11.5 Å². The van der Waals surface area contributed by atoms with Crippen molar-refractivity contribution in [3.63, 3.8) is 0 Å². The summed E-state index contributed by atoms with van der Waals surface area (Å²) < 4.78 is 17.3. The van der Waals surface area contributed by atoms with Crippen molar-refractivity contribution in [1.29, 1.82) is 0 Å². The molecule has 0 saturated heterocycles. The summed E-state index contributed by atoms with van der Waals surface area (Å²) in [5, 5.41) is 5.67. The van der Waals surface area contributed by atoms with E-state index < -0.39 is 5.82 Å². The van der Waals surface area contributed by atoms with Crippen LogP contribution in [0, 0.1) is 5.82 Å². The second kappa shape index (κ2) is 9.71. The number of nitrogens with one attached hydrogen (secondary N) is 2. The van der Waals surface area contributed by atoms with Gasteiger partial charge in [0.15, 0.2) is 11.6 Å². The van der Waals surface area contributed by atoms with Crippen LogP contribution in [0.2, 0.25) is 4.34 Å². The van der Waals surface area contributed by atoms with Gasteiger partial charge < -0.3 is 15.2 Å². The molecule has 1 aliphatic rings. The quantitative estimate of drug-likeness (QED) is 0.406. The summed E-state index contributed by atoms with van der Waals surface area (Å²) >= 11 is 7.22. The minimum absolute atomic E-state index is 0.0703. The third kappa shape index (κ3) is 4.63. The van der Waals surface area contributed by atoms with Gasteiger partial charge >= 0.3 is 0 Å². The maximum atomic E-state index is 14.8. The van der Waals surface area contributed by atoms with Crippen LogP contribution in [-0.4, -0.2) is 44.4 Å². The van der Waals surface area contributed by atoms with E-state index in [1.165, 1.54) is 36.7 Å². The van der Waals surface area contributed by atoms with E-state index in [1.807, 2.05) is 4.57 Å². The number of hydrogen-bond acceptors (Lipinski definition) is 6. The van der Waals surface area contributed by atoms with E-state index in [4.69, 9.17) is 11.6 Å². The van der Waals surface area contributed by atoms with E-state index in [2.05, 4.69) is 25.6 Å². The van der Waals surface area contributed by atoms with E-state index in [0.29, 0.717) is 32.5 Å². The molecule has 5 rings (SSSR count). The zero-order valence-corrected chi connectivity index (χ0v) is 20.4. The van der Waals surface area contributed by atoms with Gasteiger partial charge in [0, 0.05) is 25.3 Å². The zero-order chi connectivity index (χ0) is 24.5. The Kier molecular flexibility index (Phi) is 6.48. The van der Waals surface area contributed by atoms with Crippen LogP contribution in [-0.2, 0) is 0 Å². The Morgan fingerprint density at radius 3 is 2.80 bits per heavy atom. The normalized spacial score (nSPS) is 17.9. The predicted octanol–water partition coefficient (Wildman–Crippen LogP) is 4.62. The molecule has 4 heterocycles. The summed E-state index contributed by atoms with van der Waals surface area (Å²) in [7, 11) is 1.53. The maximum absolute atomic E-state index is 14.8. The monoisotopic (exact) mass is 512 g/mol. The van der Waals surface area contributed by atoms with E-state index >= 15 is 0 Å². The summed E-state index contributed by atoms with van der Waals surface area (Å²) in [6, 6.07) is 7.74. The molecule has 2 atom stereocenters. The van der Waals surface area contributed by atoms with Gasteiger partial charge in [-0.15, -0.1) is 11.3 Å². The molecule has 0 bridgehead atoms. The highest BCUT2D eigenvalue weighted by Crippen LogP contribution is 2.36. The smallest absolute Gasteiger partial charge is 0.269 e. The Morgan fingerprint density at radius 2 is 2.06 bits per heavy atom. The number of carbonyl (C=O) groups is 2. The number of carbonyl (C=O) groups excluding carboxylic acids is 2. The Bertz CT molecular complexity index is 1420. The van der Waals surface area contributed by atoms with Gasteiger partial charge in [-0.25, -0.2) is 19.3 Å². The van der Waals surface area contributed by atoms with Crippen LogP contribution >= 0.6 is 22.9 Å². The first-order valence-corrected chi connectivity index (χ1v) is 12.4. The number of rotatable bonds is 5. The van der Waals surface area contributed by atoms with Crippen LogP contribution in [0.15, 0.2) is 42.7 Å². The van der Waals surface area contributed by atoms with Crippen molar-refractivity contribution < 1.29 is 14.0 Å². The Hall–Kier alpha value is -3.37. The molecule has 11 heteroatoms. The van der Waals surface area contributed by atoms with Crippen LogP contribution < -0.4 is 10.6 Å². The first kappa shape index (κ1) is 23.4. The molecule has 4 aromatic heterocycles. The number of pyridine rings is 2. The summed E-state index contributed by atoms with van der Waals surface area (Å²) in [5.41, 5.74) is 1.56. The molecule has 4 aromatic rings. The van der Waals surface area contributed by atoms with Gasteiger partial charge in [0.2, 0.25) is 0 Å². The van der Waals surface area contributed by atoms with Gasteiger partial charge in [-0.3, -0.25) is 9.59 Å². The topological polar surface area (TPSA) is 102 Å². The highest BCUT2D eigenvalue weighted by Gasteiger charge is 2.30. The molecule has 0 aromatic carbocycles. The van der Waals surface area contributed by atoms with Gasteiger partial charge in [0.1, 0.15) is 11.4 Å². The second-order valence-corrected chi connectivity index (χ2v) is 10.1. The van der Waals surface area contributed by atoms with E-state index in [0.717, 1.165) is 19.3 Å². The minimum Gasteiger partial charge on any atom is -0.354 e. The van der Waals surface area contributed by atoms with Crippen LogP contribution in [0.4, 0.5) is 4.39 Å². The number of imidazole rings is 1. The maximum Gasteiger partial charge on any atom is 0.269 e. The van der Waals surface area contributed by atoms with E-state index in [1.54, 1.807) is 24.4 Å². The van der Waals surface area contributed by atoms with Crippen molar-refractivity contribution in [2.45, 2.75) is 37.8 Å². The van der Waals surface area contributed by atoms with Crippen molar-refractivity contribution in [2.24, 2.45) is 0 Å². The van der Waals surface area contributed by atoms with Crippen molar-refractivity contribution in [2.75, 3.05) is 7.05 Å². The highest BCUT2D eigenvalue weighted by molar-refractivity contribution is 7.18. The number of halogens is 2. The van der Waals surface area contributed by atoms with Gasteiger partial charge in [0.05, 0.1) is 26.4 Å². The first-order valence-electron chi connectivity index (χ1n) is 11.2. The van der Waals surface area contributed by atoms with Crippen molar-refractivity contribution in [3.05, 3.63) is 63.5 Å². The third-order valence-corrected chi connectivity index (χ3v) is 7.38. The molecule has 0 aliphatic heterocycles. The van der Waals surface area contributed by atoms with Crippen molar-refractivity contribution >= 4 is 45.8 Å². The van der Waals surface area contributed by atoms with Gasteiger partial charge in [-0.05, 0) is 56.0 Å². The van der Waals surface area contributed by atoms with Crippen molar-refractivity contribution in [1.82, 2.24) is 30.2 Å². The number of hydrogen-bond donors (Lipinski definition) is 2. The fraction of sp³-hybridized carbons (Fsp3) is 0.292. The third-order valence-electron chi connectivity index (χ3n) is 6.15. The summed E-state index contributed by atoms with van der Waals surface area (Å²) in [5.74, 6) is -0.605. The minimum atomic E-state index is -0.487. The molecule has 1 fully saturated rings. The molecule has 180 valence electrons. The molecular formula is C24H22ClFN6O2S. The molecule has 1 saturated carbocycles. The SMILES string of the molecule is CNC(=O)c1cc2nc(-c3ncccc3F)n(C3CCCC(NC(=O)c4ccc(Cl)s4)C3)c2cn1. The van der Waals surface area contributed by atoms with Gasteiger partial charge in [-0.2, -0.15) is 0 Å². The molecule has 35 heavy (non-hydrogen) atoms. The average molecular weight is 513 g/mol. The molecule has 2 unspecified atom stereocenters. The van der Waals surface area contributed by atoms with E-state index in [-0.39, 0.29) is 35.3 Å². The predicted molar refractivity (Wildman–Crippen MR) is 132 cm³/mol. The summed E-state index contributed by atoms with van der Waals surface area (Å²) in [6.07, 6.45) is 6.27. The lowest BCUT2D eigenvalue weighted by Gasteiger charge is -2.31. The van der Waals surface area contributed by atoms with E-state index in [9.17, 15) is 14.0 Å². The molecule has 8 nitrogen and oxygen atoms in total. The number of fused-ring (bicyclic) bond motifs is 1. The summed E-state index contributed by atoms with van der Waals surface area (Å²) in [4.78, 5) is 38.6. The molecule has 2 amide bonds. The zero-order valence-electron chi connectivity index (χ0n) is 18.8. The number of nitrogens with zero attached hydrogens (tertiary/aromatic N) is 4. The van der Waals surface area contributed by atoms with Gasteiger partial charge in [0.25, 0.3) is 11.8 Å². The molecule has 1 aliphatic carbocycles. The standard InChI is InChI=1S/C24H22ClFN6O2S/c1-27-23(33)17-11-16-18(12-29-17)32(22(31-16)21-15(26)6-3-9-28-21)14-5-2-4-13(10-14)30-24(34)19-7-8-20(25)35-19/h3,6-9,11-14H,2,4-5,10H2,1H3,(H,27,33)(H,30,34).